The molecule has 1 spiro atoms. The van der Waals surface area contributed by atoms with Crippen LogP contribution in [0.2, 0.25) is 0 Å². The first-order chi connectivity index (χ1) is 9.74. The van der Waals surface area contributed by atoms with Gasteiger partial charge in [-0.15, -0.1) is 0 Å². The number of sulfonamides is 1. The molecule has 0 aromatic carbocycles. The maximum absolute atomic E-state index is 11.4. The highest BCUT2D eigenvalue weighted by Gasteiger charge is 2.64. The number of ether oxygens (including phenoxy) is 1. The van der Waals surface area contributed by atoms with Crippen LogP contribution in [0.3, 0.4) is 0 Å². The Morgan fingerprint density at radius 2 is 1.95 bits per heavy atom. The van der Waals surface area contributed by atoms with Crippen molar-refractivity contribution >= 4 is 10.0 Å². The highest BCUT2D eigenvalue weighted by Crippen LogP contribution is 2.60. The lowest BCUT2D eigenvalue weighted by molar-refractivity contribution is -0.131. The second-order valence-electron chi connectivity index (χ2n) is 7.80. The van der Waals surface area contributed by atoms with Gasteiger partial charge in [-0.25, -0.2) is 13.1 Å². The summed E-state index contributed by atoms with van der Waals surface area (Å²) in [6.07, 6.45) is 7.92. The summed E-state index contributed by atoms with van der Waals surface area (Å²) in [5.41, 5.74) is -0.139. The Balaban J connectivity index is 1.64. The van der Waals surface area contributed by atoms with Gasteiger partial charge in [0.1, 0.15) is 0 Å². The van der Waals surface area contributed by atoms with Crippen LogP contribution in [0.15, 0.2) is 0 Å². The molecule has 0 aromatic rings. The zero-order chi connectivity index (χ0) is 15.3. The molecule has 0 unspecified atom stereocenters. The molecule has 0 bridgehead atoms. The predicted octanol–water partition coefficient (Wildman–Crippen LogP) is 1.25. The third-order valence-corrected chi connectivity index (χ3v) is 6.44. The summed E-state index contributed by atoms with van der Waals surface area (Å²) in [4.78, 5) is 0. The van der Waals surface area contributed by atoms with Crippen LogP contribution >= 0.6 is 0 Å². The molecular weight excluding hydrogens is 288 g/mol. The Bertz CT molecular complexity index is 497. The van der Waals surface area contributed by atoms with Gasteiger partial charge in [0.25, 0.3) is 0 Å². The molecule has 122 valence electrons. The van der Waals surface area contributed by atoms with Crippen molar-refractivity contribution < 1.29 is 13.2 Å². The van der Waals surface area contributed by atoms with Crippen molar-refractivity contribution in [3.8, 4) is 0 Å². The fourth-order valence-corrected chi connectivity index (χ4v) is 5.99. The summed E-state index contributed by atoms with van der Waals surface area (Å²) < 4.78 is 31.6. The Morgan fingerprint density at radius 3 is 2.57 bits per heavy atom. The van der Waals surface area contributed by atoms with Crippen molar-refractivity contribution in [1.82, 2.24) is 10.0 Å². The molecule has 2 N–H and O–H groups in total. The van der Waals surface area contributed by atoms with Crippen LogP contribution in [0.1, 0.15) is 46.0 Å². The van der Waals surface area contributed by atoms with E-state index in [2.05, 4.69) is 10.0 Å². The van der Waals surface area contributed by atoms with Crippen LogP contribution in [0.5, 0.6) is 0 Å². The van der Waals surface area contributed by atoms with Gasteiger partial charge in [0.05, 0.1) is 12.4 Å². The Kier molecular flexibility index (Phi) is 3.88. The zero-order valence-corrected chi connectivity index (χ0v) is 14.1. The summed E-state index contributed by atoms with van der Waals surface area (Å²) in [5, 5.41) is 3.68. The lowest BCUT2D eigenvalue weighted by atomic mass is 9.54. The van der Waals surface area contributed by atoms with E-state index in [1.54, 1.807) is 0 Å². The molecule has 2 aliphatic carbocycles. The molecule has 1 heterocycles. The fraction of sp³-hybridized carbons (Fsp3) is 1.00. The van der Waals surface area contributed by atoms with Crippen LogP contribution in [0, 0.1) is 11.3 Å². The van der Waals surface area contributed by atoms with E-state index in [1.807, 2.05) is 13.8 Å². The predicted molar refractivity (Wildman–Crippen MR) is 82.6 cm³/mol. The molecular formula is C15H28N2O3S. The van der Waals surface area contributed by atoms with E-state index < -0.39 is 15.6 Å². The third-order valence-electron chi connectivity index (χ3n) is 5.51. The van der Waals surface area contributed by atoms with Gasteiger partial charge >= 0.3 is 0 Å². The normalized spacial score (nSPS) is 34.9. The molecule has 2 saturated carbocycles. The number of rotatable bonds is 5. The molecule has 3 aliphatic rings. The first kappa shape index (κ1) is 15.7. The molecule has 1 saturated heterocycles. The first-order valence-corrected chi connectivity index (χ1v) is 9.97. The van der Waals surface area contributed by atoms with Gasteiger partial charge < -0.3 is 10.1 Å². The summed E-state index contributed by atoms with van der Waals surface area (Å²) in [5.74, 6) is 0.622. The van der Waals surface area contributed by atoms with Crippen molar-refractivity contribution in [2.24, 2.45) is 11.3 Å². The average Bonchev–Trinajstić information content (AvgIpc) is 2.91. The van der Waals surface area contributed by atoms with Crippen LogP contribution in [-0.2, 0) is 14.8 Å². The topological polar surface area (TPSA) is 67.4 Å². The van der Waals surface area contributed by atoms with E-state index in [9.17, 15) is 8.42 Å². The maximum Gasteiger partial charge on any atom is 0.209 e. The van der Waals surface area contributed by atoms with Crippen molar-refractivity contribution in [1.29, 1.82) is 0 Å². The molecule has 0 aromatic heterocycles. The SMILES string of the molecule is CC(C)(CN[C@@H]1[C@@H]2CCO[C@H]2C12CCCC2)NS(C)(=O)=O. The van der Waals surface area contributed by atoms with Gasteiger partial charge in [0.2, 0.25) is 10.0 Å². The molecule has 0 amide bonds. The Morgan fingerprint density at radius 1 is 1.29 bits per heavy atom. The molecule has 5 nitrogen and oxygen atoms in total. The molecule has 3 fully saturated rings. The average molecular weight is 316 g/mol. The fourth-order valence-electron chi connectivity index (χ4n) is 4.91. The number of hydrogen-bond acceptors (Lipinski definition) is 4. The second kappa shape index (κ2) is 5.18. The monoisotopic (exact) mass is 316 g/mol. The third kappa shape index (κ3) is 2.87. The van der Waals surface area contributed by atoms with Crippen molar-refractivity contribution in [3.63, 3.8) is 0 Å². The minimum atomic E-state index is -3.18. The first-order valence-electron chi connectivity index (χ1n) is 8.08. The maximum atomic E-state index is 11.4. The Labute approximate surface area is 128 Å². The second-order valence-corrected chi connectivity index (χ2v) is 9.55. The summed E-state index contributed by atoms with van der Waals surface area (Å²) in [7, 11) is -3.18. The lowest BCUT2D eigenvalue weighted by Crippen LogP contribution is -2.69. The van der Waals surface area contributed by atoms with Crippen molar-refractivity contribution in [3.05, 3.63) is 0 Å². The van der Waals surface area contributed by atoms with E-state index in [0.717, 1.165) is 13.0 Å². The summed E-state index contributed by atoms with van der Waals surface area (Å²) in [6.45, 7) is 5.42. The van der Waals surface area contributed by atoms with E-state index in [0.29, 0.717) is 30.0 Å². The molecule has 6 heteroatoms. The van der Waals surface area contributed by atoms with Gasteiger partial charge in [-0.3, -0.25) is 0 Å². The van der Waals surface area contributed by atoms with E-state index in [-0.39, 0.29) is 0 Å². The Hall–Kier alpha value is -0.170. The number of fused-ring (bicyclic) bond motifs is 2. The van der Waals surface area contributed by atoms with E-state index in [1.165, 1.54) is 31.9 Å². The van der Waals surface area contributed by atoms with Gasteiger partial charge in [-0.05, 0) is 33.1 Å². The molecule has 0 radical (unpaired) electrons. The largest absolute Gasteiger partial charge is 0.377 e. The minimum Gasteiger partial charge on any atom is -0.377 e. The lowest BCUT2D eigenvalue weighted by Gasteiger charge is -2.57. The number of nitrogens with one attached hydrogen (secondary N) is 2. The van der Waals surface area contributed by atoms with Crippen LogP contribution in [0.4, 0.5) is 0 Å². The van der Waals surface area contributed by atoms with Crippen molar-refractivity contribution in [2.75, 3.05) is 19.4 Å². The summed E-state index contributed by atoms with van der Waals surface area (Å²) in [6, 6.07) is 0.494. The quantitative estimate of drug-likeness (QED) is 0.801. The zero-order valence-electron chi connectivity index (χ0n) is 13.3. The molecule has 21 heavy (non-hydrogen) atoms. The van der Waals surface area contributed by atoms with Gasteiger partial charge in [0.15, 0.2) is 0 Å². The van der Waals surface area contributed by atoms with E-state index >= 15 is 0 Å². The smallest absolute Gasteiger partial charge is 0.209 e. The molecule has 3 rings (SSSR count). The van der Waals surface area contributed by atoms with Gasteiger partial charge in [0, 0.05) is 36.1 Å². The highest BCUT2D eigenvalue weighted by molar-refractivity contribution is 7.88. The van der Waals surface area contributed by atoms with E-state index in [4.69, 9.17) is 4.74 Å². The summed E-state index contributed by atoms with van der Waals surface area (Å²) >= 11 is 0. The van der Waals surface area contributed by atoms with Gasteiger partial charge in [-0.2, -0.15) is 0 Å². The van der Waals surface area contributed by atoms with Crippen LogP contribution in [0.25, 0.3) is 0 Å². The van der Waals surface area contributed by atoms with Crippen LogP contribution in [-0.4, -0.2) is 45.5 Å². The van der Waals surface area contributed by atoms with Crippen LogP contribution < -0.4 is 10.0 Å². The van der Waals surface area contributed by atoms with Gasteiger partial charge in [-0.1, -0.05) is 12.8 Å². The molecule has 3 atom stereocenters. The minimum absolute atomic E-state index is 0.322. The molecule has 1 aliphatic heterocycles. The number of hydrogen-bond donors (Lipinski definition) is 2. The highest BCUT2D eigenvalue weighted by atomic mass is 32.2. The van der Waals surface area contributed by atoms with Crippen molar-refractivity contribution in [2.45, 2.75) is 63.6 Å². The standard InChI is InChI=1S/C15H28N2O3S/c1-14(2,17-21(3,18)19)10-16-12-11-6-9-20-13(11)15(12)7-4-5-8-15/h11-13,16-17H,4-10H2,1-3H3/t11-,12+,13+/m0/s1.